The van der Waals surface area contributed by atoms with Gasteiger partial charge in [-0.15, -0.1) is 0 Å². The minimum absolute atomic E-state index is 0.0409. The Balaban J connectivity index is 1.55. The minimum atomic E-state index is -0.119. The molecular formula is C21H20N6O. The number of nitrogens with zero attached hydrogens (tertiary/aromatic N) is 5. The summed E-state index contributed by atoms with van der Waals surface area (Å²) < 4.78 is 0. The summed E-state index contributed by atoms with van der Waals surface area (Å²) in [6, 6.07) is 9.26. The van der Waals surface area contributed by atoms with E-state index in [1.54, 1.807) is 43.1 Å². The number of hydrogen-bond donors (Lipinski definition) is 1. The summed E-state index contributed by atoms with van der Waals surface area (Å²) in [7, 11) is 0. The smallest absolute Gasteiger partial charge is 0.247 e. The molecule has 0 unspecified atom stereocenters. The van der Waals surface area contributed by atoms with Gasteiger partial charge in [0.2, 0.25) is 5.91 Å². The zero-order valence-corrected chi connectivity index (χ0v) is 15.3. The normalized spacial score (nSPS) is 16.4. The lowest BCUT2D eigenvalue weighted by Crippen LogP contribution is -2.30. The predicted octanol–water partition coefficient (Wildman–Crippen LogP) is 3.39. The lowest BCUT2D eigenvalue weighted by atomic mass is 10.1. The van der Waals surface area contributed by atoms with Crippen LogP contribution in [0.3, 0.4) is 0 Å². The van der Waals surface area contributed by atoms with Crippen molar-refractivity contribution in [1.29, 1.82) is 0 Å². The molecule has 0 radical (unpaired) electrons. The molecule has 0 aromatic carbocycles. The molecule has 3 aromatic rings. The number of amides is 1. The second kappa shape index (κ2) is 8.39. The number of nitrogens with one attached hydrogen (secondary N) is 1. The monoisotopic (exact) mass is 372 g/mol. The highest BCUT2D eigenvalue weighted by molar-refractivity contribution is 5.92. The van der Waals surface area contributed by atoms with Crippen molar-refractivity contribution in [1.82, 2.24) is 24.8 Å². The van der Waals surface area contributed by atoms with Crippen molar-refractivity contribution in [2.75, 3.05) is 11.9 Å². The van der Waals surface area contributed by atoms with Crippen LogP contribution in [0.1, 0.15) is 30.1 Å². The van der Waals surface area contributed by atoms with Crippen molar-refractivity contribution >= 4 is 23.6 Å². The molecule has 0 aliphatic carbocycles. The molecule has 0 bridgehead atoms. The summed E-state index contributed by atoms with van der Waals surface area (Å²) in [5, 5.41) is 3.22. The number of aromatic nitrogens is 4. The Morgan fingerprint density at radius 3 is 2.82 bits per heavy atom. The molecule has 1 saturated heterocycles. The van der Waals surface area contributed by atoms with Gasteiger partial charge < -0.3 is 10.2 Å². The van der Waals surface area contributed by atoms with Crippen molar-refractivity contribution in [3.63, 3.8) is 0 Å². The molecule has 7 heteroatoms. The Morgan fingerprint density at radius 2 is 2.00 bits per heavy atom. The molecule has 1 N–H and O–H groups in total. The van der Waals surface area contributed by atoms with E-state index < -0.39 is 0 Å². The van der Waals surface area contributed by atoms with Crippen LogP contribution in [-0.2, 0) is 4.79 Å². The van der Waals surface area contributed by atoms with Crippen molar-refractivity contribution in [2.24, 2.45) is 0 Å². The minimum Gasteiger partial charge on any atom is -0.330 e. The highest BCUT2D eigenvalue weighted by atomic mass is 16.2. The van der Waals surface area contributed by atoms with E-state index in [2.05, 4.69) is 25.3 Å². The maximum absolute atomic E-state index is 12.8. The molecule has 1 aliphatic rings. The largest absolute Gasteiger partial charge is 0.330 e. The number of carbonyl (C=O) groups excluding carboxylic acids is 1. The maximum Gasteiger partial charge on any atom is 0.247 e. The highest BCUT2D eigenvalue weighted by Gasteiger charge is 2.32. The maximum atomic E-state index is 12.8. The van der Waals surface area contributed by atoms with E-state index in [1.807, 2.05) is 35.2 Å². The van der Waals surface area contributed by atoms with E-state index in [4.69, 9.17) is 0 Å². The molecule has 28 heavy (non-hydrogen) atoms. The van der Waals surface area contributed by atoms with E-state index in [0.717, 1.165) is 24.1 Å². The van der Waals surface area contributed by atoms with Crippen LogP contribution in [0.15, 0.2) is 67.4 Å². The van der Waals surface area contributed by atoms with Gasteiger partial charge in [-0.05, 0) is 42.7 Å². The first-order chi connectivity index (χ1) is 13.8. The van der Waals surface area contributed by atoms with Crippen molar-refractivity contribution in [2.45, 2.75) is 18.9 Å². The summed E-state index contributed by atoms with van der Waals surface area (Å²) >= 11 is 0. The fraction of sp³-hybridized carbons (Fsp3) is 0.190. The number of likely N-dealkylation sites (tertiary alicyclic amines) is 1. The molecule has 4 heterocycles. The van der Waals surface area contributed by atoms with Gasteiger partial charge in [-0.25, -0.2) is 9.97 Å². The van der Waals surface area contributed by atoms with Crippen LogP contribution in [0.5, 0.6) is 0 Å². The quantitative estimate of drug-likeness (QED) is 0.691. The summed E-state index contributed by atoms with van der Waals surface area (Å²) in [6.45, 7) is 0.695. The fourth-order valence-electron chi connectivity index (χ4n) is 3.30. The number of rotatable bonds is 5. The standard InChI is InChI=1S/C21H20N6O/c28-19(9-8-16-5-3-10-22-15-16)27-14-4-6-17(27)20-21(25-13-12-24-20)26-18-7-1-2-11-23-18/h1-3,5,7-13,15,17H,4,6,14H2,(H,23,25,26)/b9-8+/t17-/m1/s1. The van der Waals surface area contributed by atoms with Crippen LogP contribution in [0, 0.1) is 0 Å². The molecule has 0 spiro atoms. The topological polar surface area (TPSA) is 83.9 Å². The zero-order chi connectivity index (χ0) is 19.2. The Kier molecular flexibility index (Phi) is 5.33. The summed E-state index contributed by atoms with van der Waals surface area (Å²) in [6.07, 6.45) is 13.6. The van der Waals surface area contributed by atoms with Gasteiger partial charge >= 0.3 is 0 Å². The second-order valence-electron chi connectivity index (χ2n) is 6.44. The van der Waals surface area contributed by atoms with Gasteiger partial charge in [0.25, 0.3) is 0 Å². The van der Waals surface area contributed by atoms with Gasteiger partial charge in [-0.2, -0.15) is 0 Å². The van der Waals surface area contributed by atoms with Crippen molar-refractivity contribution in [3.8, 4) is 0 Å². The number of hydrogen-bond acceptors (Lipinski definition) is 6. The molecule has 4 rings (SSSR count). The van der Waals surface area contributed by atoms with Crippen molar-refractivity contribution in [3.05, 3.63) is 78.6 Å². The molecule has 1 atom stereocenters. The molecule has 3 aromatic heterocycles. The Hall–Kier alpha value is -3.61. The molecule has 0 saturated carbocycles. The van der Waals surface area contributed by atoms with E-state index >= 15 is 0 Å². The van der Waals surface area contributed by atoms with Gasteiger partial charge in [0.05, 0.1) is 6.04 Å². The summed E-state index contributed by atoms with van der Waals surface area (Å²) in [4.78, 5) is 32.0. The lowest BCUT2D eigenvalue weighted by Gasteiger charge is -2.24. The molecule has 1 aliphatic heterocycles. The Bertz CT molecular complexity index is 961. The number of pyridine rings is 2. The second-order valence-corrected chi connectivity index (χ2v) is 6.44. The highest BCUT2D eigenvalue weighted by Crippen LogP contribution is 2.34. The van der Waals surface area contributed by atoms with Gasteiger partial charge in [0.15, 0.2) is 5.82 Å². The SMILES string of the molecule is O=C(/C=C/c1cccnc1)N1CCC[C@@H]1c1nccnc1Nc1ccccn1. The third kappa shape index (κ3) is 4.03. The van der Waals surface area contributed by atoms with Crippen molar-refractivity contribution < 1.29 is 4.79 Å². The lowest BCUT2D eigenvalue weighted by molar-refractivity contribution is -0.126. The first-order valence-corrected chi connectivity index (χ1v) is 9.19. The fourth-order valence-corrected chi connectivity index (χ4v) is 3.30. The van der Waals surface area contributed by atoms with Gasteiger partial charge in [-0.3, -0.25) is 14.8 Å². The molecule has 140 valence electrons. The Morgan fingerprint density at radius 1 is 1.07 bits per heavy atom. The third-order valence-corrected chi connectivity index (χ3v) is 4.59. The Labute approximate surface area is 163 Å². The number of carbonyl (C=O) groups is 1. The predicted molar refractivity (Wildman–Crippen MR) is 107 cm³/mol. The van der Waals surface area contributed by atoms with Crippen LogP contribution in [0.25, 0.3) is 6.08 Å². The van der Waals surface area contributed by atoms with Crippen LogP contribution >= 0.6 is 0 Å². The molecular weight excluding hydrogens is 352 g/mol. The first-order valence-electron chi connectivity index (χ1n) is 9.19. The van der Waals surface area contributed by atoms with Gasteiger partial charge in [0.1, 0.15) is 11.5 Å². The van der Waals surface area contributed by atoms with E-state index in [9.17, 15) is 4.79 Å². The first kappa shape index (κ1) is 17.8. The average Bonchev–Trinajstić information content (AvgIpc) is 3.24. The van der Waals surface area contributed by atoms with Crippen LogP contribution in [0.4, 0.5) is 11.6 Å². The van der Waals surface area contributed by atoms with E-state index in [1.165, 1.54) is 0 Å². The van der Waals surface area contributed by atoms with Crippen LogP contribution < -0.4 is 5.32 Å². The van der Waals surface area contributed by atoms with Gasteiger partial charge in [-0.1, -0.05) is 12.1 Å². The van der Waals surface area contributed by atoms with Crippen LogP contribution in [0.2, 0.25) is 0 Å². The summed E-state index contributed by atoms with van der Waals surface area (Å²) in [5.74, 6) is 1.28. The van der Waals surface area contributed by atoms with Gasteiger partial charge in [0, 0.05) is 43.6 Å². The zero-order valence-electron chi connectivity index (χ0n) is 15.3. The average molecular weight is 372 g/mol. The molecule has 1 fully saturated rings. The molecule has 7 nitrogen and oxygen atoms in total. The molecule has 1 amide bonds. The van der Waals surface area contributed by atoms with E-state index in [-0.39, 0.29) is 11.9 Å². The summed E-state index contributed by atoms with van der Waals surface area (Å²) in [5.41, 5.74) is 1.65. The number of anilines is 2. The van der Waals surface area contributed by atoms with E-state index in [0.29, 0.717) is 18.2 Å². The third-order valence-electron chi connectivity index (χ3n) is 4.59. The van der Waals surface area contributed by atoms with Crippen LogP contribution in [-0.4, -0.2) is 37.3 Å².